The van der Waals surface area contributed by atoms with Gasteiger partial charge in [0.05, 0.1) is 6.61 Å². The summed E-state index contributed by atoms with van der Waals surface area (Å²) in [6.45, 7) is 4.75. The molecule has 90 valence electrons. The van der Waals surface area contributed by atoms with Crippen molar-refractivity contribution in [2.45, 2.75) is 13.5 Å². The predicted molar refractivity (Wildman–Crippen MR) is 69.1 cm³/mol. The summed E-state index contributed by atoms with van der Waals surface area (Å²) in [4.78, 5) is 2.21. The molecule has 3 heteroatoms. The van der Waals surface area contributed by atoms with E-state index in [1.807, 2.05) is 7.05 Å². The summed E-state index contributed by atoms with van der Waals surface area (Å²) in [5, 5.41) is 3.17. The molecule has 0 radical (unpaired) electrons. The molecule has 0 aliphatic heterocycles. The predicted octanol–water partition coefficient (Wildman–Crippen LogP) is 1.80. The molecule has 1 rings (SSSR count). The highest BCUT2D eigenvalue weighted by molar-refractivity contribution is 5.50. The molecule has 0 spiro atoms. The quantitative estimate of drug-likeness (QED) is 0.794. The van der Waals surface area contributed by atoms with Gasteiger partial charge in [-0.25, -0.2) is 0 Å². The standard InChI is InChI=1S/C13H22N2O/c1-11-9-13(15(3)7-8-16-4)6-5-12(11)10-14-2/h5-6,9,14H,7-8,10H2,1-4H3. The first kappa shape index (κ1) is 13.0. The van der Waals surface area contributed by atoms with Crippen molar-refractivity contribution < 1.29 is 4.74 Å². The minimum Gasteiger partial charge on any atom is -0.383 e. The van der Waals surface area contributed by atoms with Crippen molar-refractivity contribution in [3.05, 3.63) is 29.3 Å². The fourth-order valence-corrected chi connectivity index (χ4v) is 1.66. The van der Waals surface area contributed by atoms with Gasteiger partial charge in [-0.3, -0.25) is 0 Å². The average Bonchev–Trinajstić information content (AvgIpc) is 2.29. The number of hydrogen-bond donors (Lipinski definition) is 1. The number of aryl methyl sites for hydroxylation is 1. The maximum Gasteiger partial charge on any atom is 0.0637 e. The molecular weight excluding hydrogens is 200 g/mol. The van der Waals surface area contributed by atoms with Crippen molar-refractivity contribution >= 4 is 5.69 Å². The minimum absolute atomic E-state index is 0.758. The smallest absolute Gasteiger partial charge is 0.0637 e. The highest BCUT2D eigenvalue weighted by Crippen LogP contribution is 2.17. The lowest BCUT2D eigenvalue weighted by atomic mass is 10.1. The first-order chi connectivity index (χ1) is 7.69. The Morgan fingerprint density at radius 3 is 2.69 bits per heavy atom. The lowest BCUT2D eigenvalue weighted by Gasteiger charge is -2.20. The van der Waals surface area contributed by atoms with Crippen LogP contribution in [0.2, 0.25) is 0 Å². The summed E-state index contributed by atoms with van der Waals surface area (Å²) < 4.78 is 5.07. The van der Waals surface area contributed by atoms with Gasteiger partial charge in [0.2, 0.25) is 0 Å². The Hall–Kier alpha value is -1.06. The molecule has 0 heterocycles. The van der Waals surface area contributed by atoms with Gasteiger partial charge in [-0.2, -0.15) is 0 Å². The van der Waals surface area contributed by atoms with E-state index in [0.29, 0.717) is 0 Å². The molecule has 0 aliphatic rings. The molecule has 0 fully saturated rings. The fourth-order valence-electron chi connectivity index (χ4n) is 1.66. The molecule has 1 aromatic carbocycles. The van der Waals surface area contributed by atoms with Gasteiger partial charge in [0, 0.05) is 32.9 Å². The van der Waals surface area contributed by atoms with Crippen LogP contribution >= 0.6 is 0 Å². The number of nitrogens with one attached hydrogen (secondary N) is 1. The van der Waals surface area contributed by atoms with Crippen molar-refractivity contribution in [1.29, 1.82) is 0 Å². The molecule has 3 nitrogen and oxygen atoms in total. The second-order valence-corrected chi connectivity index (χ2v) is 4.06. The van der Waals surface area contributed by atoms with Gasteiger partial charge in [-0.05, 0) is 37.2 Å². The lowest BCUT2D eigenvalue weighted by molar-refractivity contribution is 0.206. The lowest BCUT2D eigenvalue weighted by Crippen LogP contribution is -2.22. The zero-order chi connectivity index (χ0) is 12.0. The van der Waals surface area contributed by atoms with E-state index in [-0.39, 0.29) is 0 Å². The van der Waals surface area contributed by atoms with Crippen LogP contribution in [0.5, 0.6) is 0 Å². The molecule has 0 bridgehead atoms. The molecule has 0 unspecified atom stereocenters. The van der Waals surface area contributed by atoms with Gasteiger partial charge in [0.25, 0.3) is 0 Å². The third kappa shape index (κ3) is 3.51. The molecule has 0 saturated heterocycles. The normalized spacial score (nSPS) is 10.5. The van der Waals surface area contributed by atoms with Crippen molar-refractivity contribution in [3.8, 4) is 0 Å². The third-order valence-corrected chi connectivity index (χ3v) is 2.76. The van der Waals surface area contributed by atoms with Gasteiger partial charge in [-0.1, -0.05) is 6.07 Å². The number of anilines is 1. The van der Waals surface area contributed by atoms with Crippen molar-refractivity contribution in [2.75, 3.05) is 39.3 Å². The summed E-state index contributed by atoms with van der Waals surface area (Å²) >= 11 is 0. The maximum atomic E-state index is 5.07. The van der Waals surface area contributed by atoms with E-state index in [1.165, 1.54) is 16.8 Å². The molecule has 0 aromatic heterocycles. The minimum atomic E-state index is 0.758. The van der Waals surface area contributed by atoms with E-state index in [1.54, 1.807) is 7.11 Å². The van der Waals surface area contributed by atoms with Gasteiger partial charge >= 0.3 is 0 Å². The van der Waals surface area contributed by atoms with Crippen LogP contribution in [-0.4, -0.2) is 34.4 Å². The molecule has 0 saturated carbocycles. The van der Waals surface area contributed by atoms with E-state index in [4.69, 9.17) is 4.74 Å². The van der Waals surface area contributed by atoms with Gasteiger partial charge < -0.3 is 15.0 Å². The second-order valence-electron chi connectivity index (χ2n) is 4.06. The zero-order valence-electron chi connectivity index (χ0n) is 10.7. The summed E-state index contributed by atoms with van der Waals surface area (Å²) in [5.74, 6) is 0. The van der Waals surface area contributed by atoms with Crippen LogP contribution in [0.3, 0.4) is 0 Å². The largest absolute Gasteiger partial charge is 0.383 e. The highest BCUT2D eigenvalue weighted by atomic mass is 16.5. The number of benzene rings is 1. The molecule has 0 amide bonds. The van der Waals surface area contributed by atoms with E-state index >= 15 is 0 Å². The monoisotopic (exact) mass is 222 g/mol. The van der Waals surface area contributed by atoms with E-state index in [9.17, 15) is 0 Å². The number of ether oxygens (including phenoxy) is 1. The van der Waals surface area contributed by atoms with Crippen LogP contribution in [0.25, 0.3) is 0 Å². The highest BCUT2D eigenvalue weighted by Gasteiger charge is 2.03. The summed E-state index contributed by atoms with van der Waals surface area (Å²) in [7, 11) is 5.79. The van der Waals surface area contributed by atoms with E-state index in [0.717, 1.165) is 19.7 Å². The Balaban J connectivity index is 2.71. The van der Waals surface area contributed by atoms with Crippen molar-refractivity contribution in [1.82, 2.24) is 5.32 Å². The number of hydrogen-bond acceptors (Lipinski definition) is 3. The fraction of sp³-hybridized carbons (Fsp3) is 0.538. The van der Waals surface area contributed by atoms with Crippen LogP contribution in [-0.2, 0) is 11.3 Å². The topological polar surface area (TPSA) is 24.5 Å². The van der Waals surface area contributed by atoms with E-state index in [2.05, 4.69) is 42.4 Å². The Morgan fingerprint density at radius 1 is 1.38 bits per heavy atom. The van der Waals surface area contributed by atoms with Gasteiger partial charge in [0.1, 0.15) is 0 Å². The Labute approximate surface area is 98.4 Å². The molecule has 16 heavy (non-hydrogen) atoms. The number of nitrogens with zero attached hydrogens (tertiary/aromatic N) is 1. The first-order valence-corrected chi connectivity index (χ1v) is 5.63. The number of methoxy groups -OCH3 is 1. The maximum absolute atomic E-state index is 5.07. The van der Waals surface area contributed by atoms with Crippen molar-refractivity contribution in [2.24, 2.45) is 0 Å². The van der Waals surface area contributed by atoms with Gasteiger partial charge in [-0.15, -0.1) is 0 Å². The third-order valence-electron chi connectivity index (χ3n) is 2.76. The molecule has 1 aromatic rings. The average molecular weight is 222 g/mol. The van der Waals surface area contributed by atoms with Crippen LogP contribution in [0.15, 0.2) is 18.2 Å². The number of likely N-dealkylation sites (N-methyl/N-ethyl adjacent to an activating group) is 1. The second kappa shape index (κ2) is 6.51. The summed E-state index contributed by atoms with van der Waals surface area (Å²) in [6, 6.07) is 6.57. The Kier molecular flexibility index (Phi) is 5.29. The Morgan fingerprint density at radius 2 is 2.12 bits per heavy atom. The van der Waals surface area contributed by atoms with Crippen molar-refractivity contribution in [3.63, 3.8) is 0 Å². The summed E-state index contributed by atoms with van der Waals surface area (Å²) in [5.41, 5.74) is 3.93. The van der Waals surface area contributed by atoms with Crippen LogP contribution in [0.4, 0.5) is 5.69 Å². The zero-order valence-corrected chi connectivity index (χ0v) is 10.7. The SMILES string of the molecule is CNCc1ccc(N(C)CCOC)cc1C. The summed E-state index contributed by atoms with van der Waals surface area (Å²) in [6.07, 6.45) is 0. The first-order valence-electron chi connectivity index (χ1n) is 5.63. The molecule has 0 aliphatic carbocycles. The molecular formula is C13H22N2O. The van der Waals surface area contributed by atoms with Crippen LogP contribution in [0, 0.1) is 6.92 Å². The molecule has 1 N–H and O–H groups in total. The molecule has 0 atom stereocenters. The Bertz CT molecular complexity index is 326. The van der Waals surface area contributed by atoms with E-state index < -0.39 is 0 Å². The van der Waals surface area contributed by atoms with Crippen LogP contribution in [0.1, 0.15) is 11.1 Å². The van der Waals surface area contributed by atoms with Gasteiger partial charge in [0.15, 0.2) is 0 Å². The number of rotatable bonds is 6. The van der Waals surface area contributed by atoms with Crippen LogP contribution < -0.4 is 10.2 Å².